The highest BCUT2D eigenvalue weighted by molar-refractivity contribution is 5.48. The highest BCUT2D eigenvalue weighted by atomic mass is 16.7. The van der Waals surface area contributed by atoms with Gasteiger partial charge in [-0.15, -0.1) is 0 Å². The maximum absolute atomic E-state index is 5.69. The molecule has 1 aromatic carbocycles. The Balaban J connectivity index is 2.28. The molecule has 2 heteroatoms. The van der Waals surface area contributed by atoms with Crippen LogP contribution in [0.3, 0.4) is 0 Å². The number of hydrogen-bond acceptors (Lipinski definition) is 2. The molecule has 0 fully saturated rings. The van der Waals surface area contributed by atoms with Crippen molar-refractivity contribution in [2.75, 3.05) is 13.2 Å². The van der Waals surface area contributed by atoms with Crippen LogP contribution in [0.15, 0.2) is 36.4 Å². The van der Waals surface area contributed by atoms with Crippen molar-refractivity contribution in [3.05, 3.63) is 42.0 Å². The molecule has 0 aliphatic carbocycles. The Labute approximate surface area is 117 Å². The topological polar surface area (TPSA) is 18.5 Å². The molecule has 0 aromatic heterocycles. The minimum absolute atomic E-state index is 0.0553. The van der Waals surface area contributed by atoms with Gasteiger partial charge in [0.15, 0.2) is 6.29 Å². The van der Waals surface area contributed by atoms with Crippen molar-refractivity contribution in [2.45, 2.75) is 45.8 Å². The third-order valence-electron chi connectivity index (χ3n) is 2.69. The molecule has 0 aliphatic rings. The zero-order valence-electron chi connectivity index (χ0n) is 12.2. The smallest absolute Gasteiger partial charge is 0.157 e. The minimum Gasteiger partial charge on any atom is -0.353 e. The Bertz CT molecular complexity index is 324. The third kappa shape index (κ3) is 7.81. The van der Waals surface area contributed by atoms with Crippen LogP contribution in [0.1, 0.15) is 45.1 Å². The van der Waals surface area contributed by atoms with Gasteiger partial charge in [-0.05, 0) is 24.8 Å². The maximum Gasteiger partial charge on any atom is 0.157 e. The number of hydrogen-bond donors (Lipinski definition) is 0. The van der Waals surface area contributed by atoms with Crippen molar-refractivity contribution < 1.29 is 9.47 Å². The second-order valence-corrected chi connectivity index (χ2v) is 4.56. The molecule has 0 heterocycles. The van der Waals surface area contributed by atoms with Crippen molar-refractivity contribution in [2.24, 2.45) is 0 Å². The second kappa shape index (κ2) is 10.8. The summed E-state index contributed by atoms with van der Waals surface area (Å²) < 4.78 is 11.4. The molecular weight excluding hydrogens is 236 g/mol. The largest absolute Gasteiger partial charge is 0.353 e. The number of rotatable bonds is 10. The van der Waals surface area contributed by atoms with E-state index in [2.05, 4.69) is 50.3 Å². The molecule has 0 radical (unpaired) electrons. The summed E-state index contributed by atoms with van der Waals surface area (Å²) >= 11 is 0. The first-order chi connectivity index (χ1) is 9.36. The SMILES string of the molecule is CCCOC(CC/C=C/c1ccccc1)OCCC. The summed E-state index contributed by atoms with van der Waals surface area (Å²) in [5, 5.41) is 0. The maximum atomic E-state index is 5.69. The molecule has 0 amide bonds. The van der Waals surface area contributed by atoms with Crippen LogP contribution >= 0.6 is 0 Å². The summed E-state index contributed by atoms with van der Waals surface area (Å²) in [5.41, 5.74) is 1.24. The van der Waals surface area contributed by atoms with Gasteiger partial charge in [-0.1, -0.05) is 56.3 Å². The van der Waals surface area contributed by atoms with Gasteiger partial charge in [0.05, 0.1) is 0 Å². The van der Waals surface area contributed by atoms with E-state index < -0.39 is 0 Å². The van der Waals surface area contributed by atoms with Crippen LogP contribution in [-0.4, -0.2) is 19.5 Å². The fraction of sp³-hybridized carbons (Fsp3) is 0.529. The van der Waals surface area contributed by atoms with Crippen molar-refractivity contribution >= 4 is 6.08 Å². The lowest BCUT2D eigenvalue weighted by atomic mass is 10.2. The Kier molecular flexibility index (Phi) is 9.03. The van der Waals surface area contributed by atoms with E-state index in [1.807, 2.05) is 6.07 Å². The van der Waals surface area contributed by atoms with E-state index in [-0.39, 0.29) is 6.29 Å². The quantitative estimate of drug-likeness (QED) is 0.571. The molecule has 0 bridgehead atoms. The fourth-order valence-corrected chi connectivity index (χ4v) is 1.73. The summed E-state index contributed by atoms with van der Waals surface area (Å²) in [4.78, 5) is 0. The van der Waals surface area contributed by atoms with Crippen molar-refractivity contribution in [3.63, 3.8) is 0 Å². The average molecular weight is 262 g/mol. The standard InChI is InChI=1S/C17H26O2/c1-3-14-18-17(19-15-4-2)13-9-8-12-16-10-6-5-7-11-16/h5-8,10-12,17H,3-4,9,13-15H2,1-2H3/b12-8+. The number of ether oxygens (including phenoxy) is 2. The molecular formula is C17H26O2. The fourth-order valence-electron chi connectivity index (χ4n) is 1.73. The molecule has 0 spiro atoms. The summed E-state index contributed by atoms with van der Waals surface area (Å²) in [6, 6.07) is 10.4. The molecule has 106 valence electrons. The molecule has 0 saturated carbocycles. The van der Waals surface area contributed by atoms with Gasteiger partial charge in [0.25, 0.3) is 0 Å². The van der Waals surface area contributed by atoms with Gasteiger partial charge < -0.3 is 9.47 Å². The molecule has 1 aromatic rings. The number of allylic oxidation sites excluding steroid dienone is 1. The van der Waals surface area contributed by atoms with Gasteiger partial charge in [0.1, 0.15) is 0 Å². The van der Waals surface area contributed by atoms with Crippen LogP contribution in [0, 0.1) is 0 Å². The second-order valence-electron chi connectivity index (χ2n) is 4.56. The first-order valence-corrected chi connectivity index (χ1v) is 7.31. The first kappa shape index (κ1) is 15.9. The van der Waals surface area contributed by atoms with E-state index in [9.17, 15) is 0 Å². The summed E-state index contributed by atoms with van der Waals surface area (Å²) in [6.45, 7) is 5.78. The lowest BCUT2D eigenvalue weighted by molar-refractivity contribution is -0.145. The highest BCUT2D eigenvalue weighted by Crippen LogP contribution is 2.09. The van der Waals surface area contributed by atoms with Gasteiger partial charge >= 0.3 is 0 Å². The molecule has 0 atom stereocenters. The van der Waals surface area contributed by atoms with Crippen LogP contribution in [0.4, 0.5) is 0 Å². The average Bonchev–Trinajstić information content (AvgIpc) is 2.46. The monoisotopic (exact) mass is 262 g/mol. The van der Waals surface area contributed by atoms with Crippen molar-refractivity contribution in [3.8, 4) is 0 Å². The molecule has 2 nitrogen and oxygen atoms in total. The van der Waals surface area contributed by atoms with E-state index >= 15 is 0 Å². The normalized spacial score (nSPS) is 11.5. The Morgan fingerprint density at radius 3 is 2.21 bits per heavy atom. The molecule has 1 rings (SSSR count). The van der Waals surface area contributed by atoms with Gasteiger partial charge in [0, 0.05) is 19.6 Å². The highest BCUT2D eigenvalue weighted by Gasteiger charge is 2.06. The van der Waals surface area contributed by atoms with Crippen LogP contribution in [0.2, 0.25) is 0 Å². The van der Waals surface area contributed by atoms with E-state index in [0.29, 0.717) is 0 Å². The van der Waals surface area contributed by atoms with E-state index in [1.165, 1.54) is 5.56 Å². The summed E-state index contributed by atoms with van der Waals surface area (Å²) in [6.07, 6.45) is 8.25. The Hall–Kier alpha value is -1.12. The molecule has 0 N–H and O–H groups in total. The molecule has 19 heavy (non-hydrogen) atoms. The van der Waals surface area contributed by atoms with E-state index in [0.717, 1.165) is 38.9 Å². The van der Waals surface area contributed by atoms with Crippen LogP contribution in [-0.2, 0) is 9.47 Å². The van der Waals surface area contributed by atoms with Gasteiger partial charge in [-0.3, -0.25) is 0 Å². The van der Waals surface area contributed by atoms with Gasteiger partial charge in [0.2, 0.25) is 0 Å². The van der Waals surface area contributed by atoms with Crippen molar-refractivity contribution in [1.82, 2.24) is 0 Å². The predicted molar refractivity (Wildman–Crippen MR) is 81.0 cm³/mol. The Morgan fingerprint density at radius 2 is 1.63 bits per heavy atom. The van der Waals surface area contributed by atoms with E-state index in [1.54, 1.807) is 0 Å². The predicted octanol–water partition coefficient (Wildman–Crippen LogP) is 4.66. The van der Waals surface area contributed by atoms with Crippen LogP contribution in [0.25, 0.3) is 6.08 Å². The molecule has 0 unspecified atom stereocenters. The third-order valence-corrected chi connectivity index (χ3v) is 2.69. The zero-order chi connectivity index (χ0) is 13.8. The lowest BCUT2D eigenvalue weighted by Gasteiger charge is -2.17. The van der Waals surface area contributed by atoms with E-state index in [4.69, 9.17) is 9.47 Å². The van der Waals surface area contributed by atoms with Gasteiger partial charge in [-0.25, -0.2) is 0 Å². The van der Waals surface area contributed by atoms with Gasteiger partial charge in [-0.2, -0.15) is 0 Å². The van der Waals surface area contributed by atoms with Crippen molar-refractivity contribution in [1.29, 1.82) is 0 Å². The van der Waals surface area contributed by atoms with Crippen LogP contribution < -0.4 is 0 Å². The van der Waals surface area contributed by atoms with Crippen LogP contribution in [0.5, 0.6) is 0 Å². The lowest BCUT2D eigenvalue weighted by Crippen LogP contribution is -2.18. The first-order valence-electron chi connectivity index (χ1n) is 7.31. The zero-order valence-corrected chi connectivity index (χ0v) is 12.2. The molecule has 0 saturated heterocycles. The number of benzene rings is 1. The summed E-state index contributed by atoms with van der Waals surface area (Å²) in [5.74, 6) is 0. The molecule has 0 aliphatic heterocycles. The Morgan fingerprint density at radius 1 is 1.00 bits per heavy atom. The summed E-state index contributed by atoms with van der Waals surface area (Å²) in [7, 11) is 0. The minimum atomic E-state index is -0.0553.